The number of aromatic nitrogens is 1. The third-order valence-corrected chi connectivity index (χ3v) is 2.92. The van der Waals surface area contributed by atoms with Gasteiger partial charge in [0.05, 0.1) is 11.1 Å². The highest BCUT2D eigenvalue weighted by Gasteiger charge is 2.10. The van der Waals surface area contributed by atoms with Crippen molar-refractivity contribution in [2.24, 2.45) is 10.9 Å². The van der Waals surface area contributed by atoms with Gasteiger partial charge >= 0.3 is 0 Å². The van der Waals surface area contributed by atoms with Crippen molar-refractivity contribution in [3.8, 4) is 0 Å². The van der Waals surface area contributed by atoms with Crippen molar-refractivity contribution in [3.05, 3.63) is 45.7 Å². The van der Waals surface area contributed by atoms with Gasteiger partial charge in [-0.15, -0.1) is 0 Å². The molecule has 1 aromatic carbocycles. The second-order valence-electron chi connectivity index (χ2n) is 4.46. The maximum absolute atomic E-state index is 11.9. The van der Waals surface area contributed by atoms with Gasteiger partial charge in [-0.1, -0.05) is 37.2 Å². The van der Waals surface area contributed by atoms with Crippen LogP contribution >= 0.6 is 0 Å². The Bertz CT molecular complexity index is 671. The number of oxime groups is 1. The van der Waals surface area contributed by atoms with Crippen LogP contribution in [0.15, 0.2) is 34.2 Å². The lowest BCUT2D eigenvalue weighted by atomic mass is 9.99. The molecule has 1 heterocycles. The SMILES string of the molecule is CC(C)c1cccc2cc(/C(N)=N\O)c(=O)[nH]c12. The number of hydrogen-bond acceptors (Lipinski definition) is 3. The number of nitrogens with two attached hydrogens (primary N) is 1. The van der Waals surface area contributed by atoms with E-state index in [-0.39, 0.29) is 17.0 Å². The van der Waals surface area contributed by atoms with Gasteiger partial charge in [-0.05, 0) is 22.9 Å². The van der Waals surface area contributed by atoms with Gasteiger partial charge in [-0.3, -0.25) is 4.79 Å². The molecular weight excluding hydrogens is 230 g/mol. The zero-order chi connectivity index (χ0) is 13.3. The molecule has 0 bridgehead atoms. The summed E-state index contributed by atoms with van der Waals surface area (Å²) < 4.78 is 0. The highest BCUT2D eigenvalue weighted by molar-refractivity contribution is 5.99. The summed E-state index contributed by atoms with van der Waals surface area (Å²) in [5.41, 5.74) is 7.14. The molecule has 0 radical (unpaired) electrons. The van der Waals surface area contributed by atoms with Gasteiger partial charge in [0, 0.05) is 0 Å². The van der Waals surface area contributed by atoms with Crippen LogP contribution in [0.3, 0.4) is 0 Å². The van der Waals surface area contributed by atoms with Gasteiger partial charge in [-0.25, -0.2) is 0 Å². The first kappa shape index (κ1) is 12.2. The van der Waals surface area contributed by atoms with Gasteiger partial charge in [0.2, 0.25) is 0 Å². The van der Waals surface area contributed by atoms with Crippen LogP contribution in [0.2, 0.25) is 0 Å². The number of pyridine rings is 1. The molecule has 94 valence electrons. The first-order chi connectivity index (χ1) is 8.54. The van der Waals surface area contributed by atoms with E-state index in [2.05, 4.69) is 24.0 Å². The summed E-state index contributed by atoms with van der Waals surface area (Å²) in [5.74, 6) is 0.118. The number of aromatic amines is 1. The molecule has 0 aliphatic carbocycles. The molecule has 0 fully saturated rings. The lowest BCUT2D eigenvalue weighted by Gasteiger charge is -2.10. The standard InChI is InChI=1S/C13H15N3O2/c1-7(2)9-5-3-4-8-6-10(12(14)16-18)13(17)15-11(8)9/h3-7,18H,1-2H3,(H2,14,16)(H,15,17). The van der Waals surface area contributed by atoms with Crippen molar-refractivity contribution in [1.29, 1.82) is 0 Å². The van der Waals surface area contributed by atoms with Crippen LogP contribution in [0.4, 0.5) is 0 Å². The Labute approximate surface area is 104 Å². The van der Waals surface area contributed by atoms with Crippen molar-refractivity contribution < 1.29 is 5.21 Å². The number of benzene rings is 1. The van der Waals surface area contributed by atoms with Crippen LogP contribution in [0.5, 0.6) is 0 Å². The van der Waals surface area contributed by atoms with Crippen molar-refractivity contribution in [2.45, 2.75) is 19.8 Å². The highest BCUT2D eigenvalue weighted by Crippen LogP contribution is 2.22. The molecule has 4 N–H and O–H groups in total. The lowest BCUT2D eigenvalue weighted by Crippen LogP contribution is -2.24. The van der Waals surface area contributed by atoms with Crippen LogP contribution in [-0.4, -0.2) is 16.0 Å². The minimum absolute atomic E-state index is 0.172. The molecule has 0 atom stereocenters. The van der Waals surface area contributed by atoms with E-state index in [1.54, 1.807) is 6.07 Å². The average Bonchev–Trinajstić information content (AvgIpc) is 2.36. The Balaban J connectivity index is 2.80. The molecule has 5 heteroatoms. The topological polar surface area (TPSA) is 91.5 Å². The van der Waals surface area contributed by atoms with Gasteiger partial charge in [-0.2, -0.15) is 0 Å². The fourth-order valence-corrected chi connectivity index (χ4v) is 1.98. The Hall–Kier alpha value is -2.30. The molecule has 2 rings (SSSR count). The smallest absolute Gasteiger partial charge is 0.259 e. The molecule has 2 aromatic rings. The van der Waals surface area contributed by atoms with Crippen molar-refractivity contribution in [3.63, 3.8) is 0 Å². The number of fused-ring (bicyclic) bond motifs is 1. The maximum atomic E-state index is 11.9. The number of hydrogen-bond donors (Lipinski definition) is 3. The van der Waals surface area contributed by atoms with Gasteiger partial charge < -0.3 is 15.9 Å². The zero-order valence-corrected chi connectivity index (χ0v) is 10.3. The summed E-state index contributed by atoms with van der Waals surface area (Å²) >= 11 is 0. The fraction of sp³-hybridized carbons (Fsp3) is 0.231. The first-order valence-electron chi connectivity index (χ1n) is 5.68. The Morgan fingerprint density at radius 3 is 2.78 bits per heavy atom. The number of H-pyrrole nitrogens is 1. The van der Waals surface area contributed by atoms with Gasteiger partial charge in [0.1, 0.15) is 0 Å². The lowest BCUT2D eigenvalue weighted by molar-refractivity contribution is 0.318. The molecule has 0 spiro atoms. The summed E-state index contributed by atoms with van der Waals surface area (Å²) in [7, 11) is 0. The van der Waals surface area contributed by atoms with Crippen LogP contribution < -0.4 is 11.3 Å². The van der Waals surface area contributed by atoms with E-state index in [1.807, 2.05) is 18.2 Å². The largest absolute Gasteiger partial charge is 0.409 e. The summed E-state index contributed by atoms with van der Waals surface area (Å²) in [4.78, 5) is 14.7. The Morgan fingerprint density at radius 2 is 2.17 bits per heavy atom. The predicted octanol–water partition coefficient (Wildman–Crippen LogP) is 1.75. The predicted molar refractivity (Wildman–Crippen MR) is 71.2 cm³/mol. The van der Waals surface area contributed by atoms with E-state index in [1.165, 1.54) is 0 Å². The molecule has 1 aromatic heterocycles. The molecule has 0 saturated carbocycles. The maximum Gasteiger partial charge on any atom is 0.259 e. The van der Waals surface area contributed by atoms with Crippen LogP contribution in [0.25, 0.3) is 10.9 Å². The molecule has 5 nitrogen and oxygen atoms in total. The zero-order valence-electron chi connectivity index (χ0n) is 10.3. The first-order valence-corrected chi connectivity index (χ1v) is 5.68. The molecular formula is C13H15N3O2. The van der Waals surface area contributed by atoms with Crippen LogP contribution in [-0.2, 0) is 0 Å². The number of nitrogens with one attached hydrogen (secondary N) is 1. The third kappa shape index (κ3) is 1.95. The van der Waals surface area contributed by atoms with Crippen molar-refractivity contribution in [1.82, 2.24) is 4.98 Å². The van der Waals surface area contributed by atoms with Crippen molar-refractivity contribution in [2.75, 3.05) is 0 Å². The van der Waals surface area contributed by atoms with Gasteiger partial charge in [0.25, 0.3) is 5.56 Å². The Morgan fingerprint density at radius 1 is 1.44 bits per heavy atom. The van der Waals surface area contributed by atoms with Gasteiger partial charge in [0.15, 0.2) is 5.84 Å². The number of rotatable bonds is 2. The molecule has 0 saturated heterocycles. The normalized spacial score (nSPS) is 12.3. The van der Waals surface area contributed by atoms with E-state index >= 15 is 0 Å². The van der Waals surface area contributed by atoms with E-state index < -0.39 is 0 Å². The van der Waals surface area contributed by atoms with E-state index in [4.69, 9.17) is 10.9 Å². The van der Waals surface area contributed by atoms with E-state index in [0.29, 0.717) is 5.92 Å². The quantitative estimate of drug-likeness (QED) is 0.326. The van der Waals surface area contributed by atoms with Crippen LogP contribution in [0.1, 0.15) is 30.9 Å². The number of amidine groups is 1. The molecule has 0 unspecified atom stereocenters. The number of para-hydroxylation sites is 1. The molecule has 0 aliphatic heterocycles. The second-order valence-corrected chi connectivity index (χ2v) is 4.46. The summed E-state index contributed by atoms with van der Waals surface area (Å²) in [6, 6.07) is 7.42. The molecule has 0 amide bonds. The minimum Gasteiger partial charge on any atom is -0.409 e. The Kier molecular flexibility index (Phi) is 3.06. The average molecular weight is 245 g/mol. The number of nitrogens with zero attached hydrogens (tertiary/aromatic N) is 1. The van der Waals surface area contributed by atoms with Crippen LogP contribution in [0, 0.1) is 0 Å². The molecule has 0 aliphatic rings. The minimum atomic E-state index is -0.356. The summed E-state index contributed by atoms with van der Waals surface area (Å²) in [6.45, 7) is 4.12. The second kappa shape index (κ2) is 4.52. The monoisotopic (exact) mass is 245 g/mol. The summed E-state index contributed by atoms with van der Waals surface area (Å²) in [5, 5.41) is 12.4. The van der Waals surface area contributed by atoms with E-state index in [9.17, 15) is 4.79 Å². The summed E-state index contributed by atoms with van der Waals surface area (Å²) in [6.07, 6.45) is 0. The highest BCUT2D eigenvalue weighted by atomic mass is 16.4. The third-order valence-electron chi connectivity index (χ3n) is 2.92. The van der Waals surface area contributed by atoms with Crippen molar-refractivity contribution >= 4 is 16.7 Å². The molecule has 18 heavy (non-hydrogen) atoms. The van der Waals surface area contributed by atoms with E-state index in [0.717, 1.165) is 16.5 Å². The fourth-order valence-electron chi connectivity index (χ4n) is 1.98.